The van der Waals surface area contributed by atoms with E-state index in [1.165, 1.54) is 0 Å². The molecule has 0 saturated carbocycles. The molecule has 0 aromatic heterocycles. The minimum Gasteiger partial charge on any atom is -0.497 e. The van der Waals surface area contributed by atoms with Crippen LogP contribution in [0.15, 0.2) is 24.3 Å². The van der Waals surface area contributed by atoms with Crippen molar-refractivity contribution in [1.29, 1.82) is 0 Å². The van der Waals surface area contributed by atoms with Crippen molar-refractivity contribution in [2.45, 2.75) is 44.7 Å². The van der Waals surface area contributed by atoms with Crippen LogP contribution in [-0.4, -0.2) is 49.5 Å². The number of benzene rings is 1. The fourth-order valence-corrected chi connectivity index (χ4v) is 3.72. The van der Waals surface area contributed by atoms with Gasteiger partial charge in [-0.2, -0.15) is 0 Å². The minimum atomic E-state index is -0.0239. The highest BCUT2D eigenvalue weighted by molar-refractivity contribution is 5.85. The fraction of sp³-hybridized carbons (Fsp3) is 0.600. The maximum atomic E-state index is 12.5. The van der Waals surface area contributed by atoms with Crippen LogP contribution in [0.1, 0.15) is 37.7 Å². The van der Waals surface area contributed by atoms with E-state index in [1.54, 1.807) is 7.11 Å². The third-order valence-electron chi connectivity index (χ3n) is 5.41. The summed E-state index contributed by atoms with van der Waals surface area (Å²) < 4.78 is 5.14. The number of rotatable bonds is 5. The van der Waals surface area contributed by atoms with Crippen molar-refractivity contribution in [2.24, 2.45) is 5.92 Å². The highest BCUT2D eigenvalue weighted by atomic mass is 35.5. The molecule has 6 nitrogen and oxygen atoms in total. The lowest BCUT2D eigenvalue weighted by molar-refractivity contribution is -0.137. The number of carbonyl (C=O) groups excluding carboxylic acids is 2. The summed E-state index contributed by atoms with van der Waals surface area (Å²) in [4.78, 5) is 26.9. The summed E-state index contributed by atoms with van der Waals surface area (Å²) in [6.45, 7) is 2.81. The summed E-state index contributed by atoms with van der Waals surface area (Å²) in [6.07, 6.45) is 4.69. The Morgan fingerprint density at radius 3 is 2.44 bits per heavy atom. The predicted molar refractivity (Wildman–Crippen MR) is 107 cm³/mol. The topological polar surface area (TPSA) is 70.7 Å². The Labute approximate surface area is 167 Å². The van der Waals surface area contributed by atoms with E-state index >= 15 is 0 Å². The molecule has 27 heavy (non-hydrogen) atoms. The predicted octanol–water partition coefficient (Wildman–Crippen LogP) is 2.11. The van der Waals surface area contributed by atoms with Crippen LogP contribution in [0.25, 0.3) is 0 Å². The van der Waals surface area contributed by atoms with Crippen molar-refractivity contribution in [3.05, 3.63) is 29.8 Å². The van der Waals surface area contributed by atoms with Gasteiger partial charge in [0, 0.05) is 25.6 Å². The van der Waals surface area contributed by atoms with E-state index in [-0.39, 0.29) is 36.2 Å². The van der Waals surface area contributed by atoms with Crippen LogP contribution in [0.3, 0.4) is 0 Å². The maximum absolute atomic E-state index is 12.5. The molecule has 1 atom stereocenters. The molecule has 2 N–H and O–H groups in total. The number of likely N-dealkylation sites (tertiary alicyclic amines) is 1. The number of amides is 2. The van der Waals surface area contributed by atoms with Gasteiger partial charge in [0.2, 0.25) is 11.8 Å². The van der Waals surface area contributed by atoms with Gasteiger partial charge in [0.15, 0.2) is 0 Å². The molecule has 1 aromatic carbocycles. The SMILES string of the molecule is COc1ccc(CNC(=O)C2CCN(C(=O)C3CCCCN3)CC2)cc1.Cl. The first-order valence-corrected chi connectivity index (χ1v) is 9.60. The molecule has 150 valence electrons. The first kappa shape index (κ1) is 21.5. The number of ether oxygens (including phenoxy) is 1. The zero-order valence-electron chi connectivity index (χ0n) is 15.9. The lowest BCUT2D eigenvalue weighted by Gasteiger charge is -2.35. The summed E-state index contributed by atoms with van der Waals surface area (Å²) >= 11 is 0. The number of methoxy groups -OCH3 is 1. The van der Waals surface area contributed by atoms with Gasteiger partial charge in [0.05, 0.1) is 13.2 Å². The van der Waals surface area contributed by atoms with E-state index in [4.69, 9.17) is 4.74 Å². The molecule has 2 heterocycles. The van der Waals surface area contributed by atoms with Gasteiger partial charge in [-0.25, -0.2) is 0 Å². The quantitative estimate of drug-likeness (QED) is 0.801. The number of hydrogen-bond donors (Lipinski definition) is 2. The lowest BCUT2D eigenvalue weighted by atomic mass is 9.94. The second-order valence-electron chi connectivity index (χ2n) is 7.17. The number of piperidine rings is 2. The Kier molecular flexibility index (Phi) is 8.38. The highest BCUT2D eigenvalue weighted by Gasteiger charge is 2.31. The monoisotopic (exact) mass is 395 g/mol. The Morgan fingerprint density at radius 1 is 1.15 bits per heavy atom. The van der Waals surface area contributed by atoms with Crippen LogP contribution in [0.2, 0.25) is 0 Å². The van der Waals surface area contributed by atoms with Crippen molar-refractivity contribution < 1.29 is 14.3 Å². The Bertz CT molecular complexity index is 609. The Balaban J connectivity index is 0.00000261. The van der Waals surface area contributed by atoms with Gasteiger partial charge in [-0.05, 0) is 49.9 Å². The summed E-state index contributed by atoms with van der Waals surface area (Å²) in [5.41, 5.74) is 1.05. The molecule has 0 bridgehead atoms. The van der Waals surface area contributed by atoms with Crippen molar-refractivity contribution in [3.8, 4) is 5.75 Å². The average molecular weight is 396 g/mol. The maximum Gasteiger partial charge on any atom is 0.239 e. The molecule has 0 spiro atoms. The van der Waals surface area contributed by atoms with E-state index in [2.05, 4.69) is 10.6 Å². The molecule has 0 radical (unpaired) electrons. The normalized spacial score (nSPS) is 20.5. The van der Waals surface area contributed by atoms with Crippen molar-refractivity contribution >= 4 is 24.2 Å². The second-order valence-corrected chi connectivity index (χ2v) is 7.17. The van der Waals surface area contributed by atoms with Gasteiger partial charge in [-0.1, -0.05) is 18.6 Å². The van der Waals surface area contributed by atoms with Crippen LogP contribution in [0, 0.1) is 5.92 Å². The van der Waals surface area contributed by atoms with Crippen LogP contribution >= 0.6 is 12.4 Å². The molecule has 2 saturated heterocycles. The molecule has 1 unspecified atom stereocenters. The first-order valence-electron chi connectivity index (χ1n) is 9.60. The standard InChI is InChI=1S/C20H29N3O3.ClH/c1-26-17-7-5-15(6-8-17)14-22-19(24)16-9-12-23(13-10-16)20(25)18-4-2-3-11-21-18;/h5-8,16,18,21H,2-4,9-14H2,1H3,(H,22,24);1H. The highest BCUT2D eigenvalue weighted by Crippen LogP contribution is 2.20. The molecule has 1 aromatic rings. The number of nitrogens with zero attached hydrogens (tertiary/aromatic N) is 1. The molecule has 2 aliphatic heterocycles. The van der Waals surface area contributed by atoms with E-state index in [1.807, 2.05) is 29.2 Å². The van der Waals surface area contributed by atoms with E-state index < -0.39 is 0 Å². The number of nitrogens with one attached hydrogen (secondary N) is 2. The van der Waals surface area contributed by atoms with E-state index in [0.717, 1.165) is 50.0 Å². The zero-order valence-corrected chi connectivity index (χ0v) is 16.7. The Hall–Kier alpha value is -1.79. The number of halogens is 1. The first-order chi connectivity index (χ1) is 12.7. The van der Waals surface area contributed by atoms with Crippen molar-refractivity contribution in [1.82, 2.24) is 15.5 Å². The third kappa shape index (κ3) is 5.84. The van der Waals surface area contributed by atoms with Crippen molar-refractivity contribution in [2.75, 3.05) is 26.7 Å². The average Bonchev–Trinajstić information content (AvgIpc) is 2.72. The number of carbonyl (C=O) groups is 2. The minimum absolute atomic E-state index is 0. The van der Waals surface area contributed by atoms with Crippen molar-refractivity contribution in [3.63, 3.8) is 0 Å². The van der Waals surface area contributed by atoms with Crippen LogP contribution in [-0.2, 0) is 16.1 Å². The molecule has 7 heteroatoms. The van der Waals surface area contributed by atoms with Crippen LogP contribution < -0.4 is 15.4 Å². The van der Waals surface area contributed by atoms with Gasteiger partial charge < -0.3 is 20.3 Å². The van der Waals surface area contributed by atoms with Gasteiger partial charge in [0.25, 0.3) is 0 Å². The zero-order chi connectivity index (χ0) is 18.4. The molecular formula is C20H30ClN3O3. The van der Waals surface area contributed by atoms with E-state index in [9.17, 15) is 9.59 Å². The molecule has 2 amide bonds. The molecule has 2 aliphatic rings. The van der Waals surface area contributed by atoms with E-state index in [0.29, 0.717) is 19.6 Å². The van der Waals surface area contributed by atoms with Gasteiger partial charge in [0.1, 0.15) is 5.75 Å². The second kappa shape index (κ2) is 10.5. The van der Waals surface area contributed by atoms with Gasteiger partial charge in [-0.15, -0.1) is 12.4 Å². The summed E-state index contributed by atoms with van der Waals surface area (Å²) in [6, 6.07) is 7.68. The summed E-state index contributed by atoms with van der Waals surface area (Å²) in [5.74, 6) is 1.10. The van der Waals surface area contributed by atoms with Gasteiger partial charge >= 0.3 is 0 Å². The lowest BCUT2D eigenvalue weighted by Crippen LogP contribution is -2.51. The van der Waals surface area contributed by atoms with Crippen LogP contribution in [0.5, 0.6) is 5.75 Å². The largest absolute Gasteiger partial charge is 0.497 e. The number of hydrogen-bond acceptors (Lipinski definition) is 4. The molecule has 2 fully saturated rings. The van der Waals surface area contributed by atoms with Crippen LogP contribution in [0.4, 0.5) is 0 Å². The van der Waals surface area contributed by atoms with Gasteiger partial charge in [-0.3, -0.25) is 9.59 Å². The molecular weight excluding hydrogens is 366 g/mol. The third-order valence-corrected chi connectivity index (χ3v) is 5.41. The molecule has 3 rings (SSSR count). The molecule has 0 aliphatic carbocycles. The summed E-state index contributed by atoms with van der Waals surface area (Å²) in [5, 5.41) is 6.34. The smallest absolute Gasteiger partial charge is 0.239 e. The Morgan fingerprint density at radius 2 is 1.85 bits per heavy atom. The fourth-order valence-electron chi connectivity index (χ4n) is 3.72. The summed E-state index contributed by atoms with van der Waals surface area (Å²) in [7, 11) is 1.64.